The third-order valence-corrected chi connectivity index (χ3v) is 5.55. The third kappa shape index (κ3) is 3.16. The first-order valence-electron chi connectivity index (χ1n) is 9.90. The summed E-state index contributed by atoms with van der Waals surface area (Å²) in [5, 5.41) is 0. The van der Waals surface area contributed by atoms with Crippen LogP contribution in [0.15, 0.2) is 60.7 Å². The summed E-state index contributed by atoms with van der Waals surface area (Å²) in [7, 11) is 0. The number of nitrogens with zero attached hydrogens (tertiary/aromatic N) is 2. The summed E-state index contributed by atoms with van der Waals surface area (Å²) in [6.45, 7) is -3.42. The van der Waals surface area contributed by atoms with Gasteiger partial charge in [-0.15, -0.1) is 0 Å². The van der Waals surface area contributed by atoms with Gasteiger partial charge in [0.25, 0.3) is 0 Å². The molecule has 0 radical (unpaired) electrons. The minimum Gasteiger partial charge on any atom is -0.454 e. The van der Waals surface area contributed by atoms with Crippen LogP contribution in [0.2, 0.25) is 0 Å². The van der Waals surface area contributed by atoms with Crippen LogP contribution < -0.4 is 5.73 Å². The molecule has 7 nitrogen and oxygen atoms in total. The highest BCUT2D eigenvalue weighted by atomic mass is 19.3. The third-order valence-electron chi connectivity index (χ3n) is 5.55. The first kappa shape index (κ1) is 20.5. The Hall–Kier alpha value is -4.40. The zero-order chi connectivity index (χ0) is 23.3. The van der Waals surface area contributed by atoms with Gasteiger partial charge in [0.1, 0.15) is 6.61 Å². The van der Waals surface area contributed by atoms with Crippen LogP contribution in [0, 0.1) is 0 Å². The lowest BCUT2D eigenvalue weighted by Crippen LogP contribution is -2.24. The Balaban J connectivity index is 1.47. The molecule has 0 bridgehead atoms. The fraction of sp³-hybridized carbons (Fsp3) is 0.0833. The number of hydrogen-bond donors (Lipinski definition) is 1. The minimum atomic E-state index is -2.89. The van der Waals surface area contributed by atoms with Gasteiger partial charge >= 0.3 is 12.5 Å². The number of carbonyl (C=O) groups is 3. The number of halogens is 2. The number of ether oxygens (including phenoxy) is 1. The molecule has 3 aromatic carbocycles. The largest absolute Gasteiger partial charge is 0.454 e. The second-order valence-corrected chi connectivity index (χ2v) is 7.39. The van der Waals surface area contributed by atoms with Crippen LogP contribution in [0.3, 0.4) is 0 Å². The summed E-state index contributed by atoms with van der Waals surface area (Å²) in [4.78, 5) is 42.6. The zero-order valence-corrected chi connectivity index (χ0v) is 16.9. The van der Waals surface area contributed by atoms with E-state index in [1.165, 1.54) is 24.3 Å². The van der Waals surface area contributed by atoms with E-state index in [1.54, 1.807) is 36.4 Å². The molecule has 2 N–H and O–H groups in total. The van der Waals surface area contributed by atoms with Gasteiger partial charge in [-0.2, -0.15) is 8.78 Å². The molecule has 0 saturated heterocycles. The van der Waals surface area contributed by atoms with Crippen molar-refractivity contribution in [2.75, 3.05) is 5.73 Å². The van der Waals surface area contributed by atoms with Gasteiger partial charge in [-0.25, -0.2) is 9.78 Å². The van der Waals surface area contributed by atoms with Gasteiger partial charge in [0.05, 0.1) is 27.8 Å². The topological polar surface area (TPSA) is 104 Å². The minimum absolute atomic E-state index is 0.0760. The fourth-order valence-corrected chi connectivity index (χ4v) is 4.01. The number of hydrogen-bond acceptors (Lipinski definition) is 6. The van der Waals surface area contributed by atoms with Crippen molar-refractivity contribution in [1.29, 1.82) is 0 Å². The second kappa shape index (κ2) is 7.63. The lowest BCUT2D eigenvalue weighted by atomic mass is 9.82. The molecule has 4 aromatic rings. The molecule has 1 aliphatic rings. The van der Waals surface area contributed by atoms with E-state index in [4.69, 9.17) is 10.5 Å². The van der Waals surface area contributed by atoms with Gasteiger partial charge in [-0.05, 0) is 24.3 Å². The molecule has 0 fully saturated rings. The normalized spacial score (nSPS) is 12.7. The quantitative estimate of drug-likeness (QED) is 0.328. The smallest absolute Gasteiger partial charge is 0.340 e. The van der Waals surface area contributed by atoms with E-state index < -0.39 is 24.9 Å². The summed E-state index contributed by atoms with van der Waals surface area (Å²) >= 11 is 0. The van der Waals surface area contributed by atoms with Crippen molar-refractivity contribution in [3.05, 3.63) is 94.3 Å². The first-order valence-corrected chi connectivity index (χ1v) is 9.90. The number of nitrogens with two attached hydrogens (primary N) is 1. The average molecular weight is 447 g/mol. The van der Waals surface area contributed by atoms with Crippen molar-refractivity contribution in [1.82, 2.24) is 9.55 Å². The Morgan fingerprint density at radius 1 is 0.939 bits per heavy atom. The molecule has 33 heavy (non-hydrogen) atoms. The van der Waals surface area contributed by atoms with Crippen molar-refractivity contribution >= 4 is 34.3 Å². The van der Waals surface area contributed by atoms with E-state index in [-0.39, 0.29) is 50.6 Å². The molecule has 9 heteroatoms. The lowest BCUT2D eigenvalue weighted by Gasteiger charge is -2.20. The molecule has 5 rings (SSSR count). The molecule has 1 aliphatic carbocycles. The van der Waals surface area contributed by atoms with Crippen molar-refractivity contribution in [3.63, 3.8) is 0 Å². The Morgan fingerprint density at radius 2 is 1.61 bits per heavy atom. The Morgan fingerprint density at radius 3 is 2.33 bits per heavy atom. The summed E-state index contributed by atoms with van der Waals surface area (Å²) < 4.78 is 33.1. The molecule has 0 saturated carbocycles. The molecule has 0 atom stereocenters. The number of ketones is 2. The number of alkyl halides is 2. The standard InChI is InChI=1S/C24H15F2N3O4/c25-24(26)29-17-8-4-3-7-16(17)28-18(29)11-33-23(32)15-10-9-14-19(20(15)27)22(31)13-6-2-1-5-12(13)21(14)30/h1-10,24H,11,27H2. The Bertz CT molecular complexity index is 1480. The SMILES string of the molecule is Nc1c(C(=O)OCc2nc3ccccc3n2C(F)F)ccc2c1C(=O)c1ccccc1C2=O. The molecule has 1 heterocycles. The number of fused-ring (bicyclic) bond motifs is 3. The van der Waals surface area contributed by atoms with Crippen LogP contribution in [0.5, 0.6) is 0 Å². The molecule has 0 spiro atoms. The van der Waals surface area contributed by atoms with E-state index >= 15 is 0 Å². The summed E-state index contributed by atoms with van der Waals surface area (Å²) in [5.41, 5.74) is 6.77. The van der Waals surface area contributed by atoms with Crippen molar-refractivity contribution < 1.29 is 27.9 Å². The number of benzene rings is 3. The molecule has 164 valence electrons. The van der Waals surface area contributed by atoms with Crippen LogP contribution in [-0.2, 0) is 11.3 Å². The van der Waals surface area contributed by atoms with Gasteiger partial charge in [0.15, 0.2) is 17.4 Å². The maximum atomic E-state index is 13.6. The Kier molecular flexibility index (Phi) is 4.74. The molecular formula is C24H15F2N3O4. The number of esters is 1. The highest BCUT2D eigenvalue weighted by Gasteiger charge is 2.33. The zero-order valence-electron chi connectivity index (χ0n) is 16.9. The van der Waals surface area contributed by atoms with Crippen LogP contribution in [-0.4, -0.2) is 27.1 Å². The van der Waals surface area contributed by atoms with E-state index in [0.29, 0.717) is 10.1 Å². The van der Waals surface area contributed by atoms with Gasteiger partial charge < -0.3 is 10.5 Å². The highest BCUT2D eigenvalue weighted by Crippen LogP contribution is 2.33. The van der Waals surface area contributed by atoms with Gasteiger partial charge in [-0.3, -0.25) is 14.2 Å². The van der Waals surface area contributed by atoms with Crippen LogP contribution in [0.1, 0.15) is 54.6 Å². The number of rotatable bonds is 4. The summed E-state index contributed by atoms with van der Waals surface area (Å²) in [5.74, 6) is -1.93. The number of nitrogen functional groups attached to an aromatic ring is 1. The Labute approximate surface area is 185 Å². The second-order valence-electron chi connectivity index (χ2n) is 7.39. The number of aromatic nitrogens is 2. The van der Waals surface area contributed by atoms with Crippen LogP contribution in [0.25, 0.3) is 11.0 Å². The van der Waals surface area contributed by atoms with E-state index in [1.807, 2.05) is 0 Å². The van der Waals surface area contributed by atoms with E-state index in [0.717, 1.165) is 0 Å². The number of imidazole rings is 1. The van der Waals surface area contributed by atoms with E-state index in [2.05, 4.69) is 4.98 Å². The first-order chi connectivity index (χ1) is 15.9. The molecule has 0 unspecified atom stereocenters. The van der Waals surface area contributed by atoms with Crippen LogP contribution in [0.4, 0.5) is 14.5 Å². The van der Waals surface area contributed by atoms with Gasteiger partial charge in [0, 0.05) is 16.7 Å². The predicted molar refractivity (Wildman–Crippen MR) is 114 cm³/mol. The molecule has 0 aliphatic heterocycles. The van der Waals surface area contributed by atoms with Crippen molar-refractivity contribution in [3.8, 4) is 0 Å². The monoisotopic (exact) mass is 447 g/mol. The number of carbonyl (C=O) groups excluding carboxylic acids is 3. The van der Waals surface area contributed by atoms with Gasteiger partial charge in [-0.1, -0.05) is 36.4 Å². The summed E-state index contributed by atoms with van der Waals surface area (Å²) in [6.07, 6.45) is 0. The predicted octanol–water partition coefficient (Wildman–Crippen LogP) is 4.15. The molecular weight excluding hydrogens is 432 g/mol. The molecule has 0 amide bonds. The average Bonchev–Trinajstić information content (AvgIpc) is 3.19. The maximum Gasteiger partial charge on any atom is 0.340 e. The highest BCUT2D eigenvalue weighted by molar-refractivity contribution is 6.30. The van der Waals surface area contributed by atoms with Crippen molar-refractivity contribution in [2.24, 2.45) is 0 Å². The van der Waals surface area contributed by atoms with Gasteiger partial charge in [0.2, 0.25) is 0 Å². The van der Waals surface area contributed by atoms with Crippen molar-refractivity contribution in [2.45, 2.75) is 13.2 Å². The summed E-state index contributed by atoms with van der Waals surface area (Å²) in [6, 6.07) is 15.3. The van der Waals surface area contributed by atoms with Crippen LogP contribution >= 0.6 is 0 Å². The number of anilines is 1. The fourth-order valence-electron chi connectivity index (χ4n) is 4.01. The van der Waals surface area contributed by atoms with E-state index in [9.17, 15) is 23.2 Å². The lowest BCUT2D eigenvalue weighted by molar-refractivity contribution is 0.0388. The molecule has 1 aromatic heterocycles. The maximum absolute atomic E-state index is 13.6. The number of para-hydroxylation sites is 2.